The van der Waals surface area contributed by atoms with E-state index in [0.29, 0.717) is 17.4 Å². The third kappa shape index (κ3) is 2.17. The first-order chi connectivity index (χ1) is 9.74. The Morgan fingerprint density at radius 1 is 1.19 bits per heavy atom. The van der Waals surface area contributed by atoms with Gasteiger partial charge in [-0.3, -0.25) is 0 Å². The van der Waals surface area contributed by atoms with Crippen molar-refractivity contribution in [2.45, 2.75) is 46.1 Å². The maximum atomic E-state index is 6.15. The van der Waals surface area contributed by atoms with Crippen LogP contribution in [-0.4, -0.2) is 35.2 Å². The molecule has 21 heavy (non-hydrogen) atoms. The minimum absolute atomic E-state index is 0.153. The molecular formula is C15H23ClN4O. The monoisotopic (exact) mass is 310 g/mol. The third-order valence-corrected chi connectivity index (χ3v) is 6.11. The van der Waals surface area contributed by atoms with Crippen molar-refractivity contribution in [3.8, 4) is 6.01 Å². The van der Waals surface area contributed by atoms with Crippen LogP contribution in [0, 0.1) is 16.7 Å². The zero-order valence-corrected chi connectivity index (χ0v) is 14.1. The summed E-state index contributed by atoms with van der Waals surface area (Å²) in [6.45, 7) is 7.06. The van der Waals surface area contributed by atoms with Crippen molar-refractivity contribution in [3.63, 3.8) is 0 Å². The second-order valence-corrected chi connectivity index (χ2v) is 7.64. The van der Waals surface area contributed by atoms with E-state index < -0.39 is 0 Å². The van der Waals surface area contributed by atoms with Crippen molar-refractivity contribution in [2.24, 2.45) is 16.7 Å². The van der Waals surface area contributed by atoms with Gasteiger partial charge in [0.25, 0.3) is 0 Å². The topological polar surface area (TPSA) is 51.1 Å². The molecule has 1 heterocycles. The molecule has 2 saturated carbocycles. The van der Waals surface area contributed by atoms with Gasteiger partial charge >= 0.3 is 6.01 Å². The van der Waals surface area contributed by atoms with Crippen LogP contribution < -0.4 is 9.64 Å². The summed E-state index contributed by atoms with van der Waals surface area (Å²) in [4.78, 5) is 14.4. The van der Waals surface area contributed by atoms with Gasteiger partial charge in [0.15, 0.2) is 0 Å². The number of anilines is 1. The van der Waals surface area contributed by atoms with Gasteiger partial charge in [0.2, 0.25) is 11.2 Å². The number of aromatic nitrogens is 3. The number of ether oxygens (including phenoxy) is 1. The zero-order chi connectivity index (χ0) is 15.4. The fraction of sp³-hybridized carbons (Fsp3) is 0.800. The van der Waals surface area contributed by atoms with Crippen LogP contribution in [0.15, 0.2) is 0 Å². The van der Waals surface area contributed by atoms with Gasteiger partial charge in [-0.25, -0.2) is 0 Å². The summed E-state index contributed by atoms with van der Waals surface area (Å²) in [7, 11) is 3.74. The lowest BCUT2D eigenvalue weighted by Crippen LogP contribution is -2.39. The second-order valence-electron chi connectivity index (χ2n) is 7.30. The van der Waals surface area contributed by atoms with Gasteiger partial charge in [-0.2, -0.15) is 15.0 Å². The summed E-state index contributed by atoms with van der Waals surface area (Å²) >= 11 is 5.98. The molecule has 2 fully saturated rings. The Morgan fingerprint density at radius 3 is 2.43 bits per heavy atom. The van der Waals surface area contributed by atoms with Crippen molar-refractivity contribution in [1.29, 1.82) is 0 Å². The highest BCUT2D eigenvalue weighted by atomic mass is 35.5. The van der Waals surface area contributed by atoms with E-state index in [2.05, 4.69) is 35.7 Å². The molecule has 0 aliphatic heterocycles. The molecule has 1 aromatic heterocycles. The van der Waals surface area contributed by atoms with E-state index in [1.54, 1.807) is 4.90 Å². The fourth-order valence-corrected chi connectivity index (χ4v) is 4.16. The molecule has 3 atom stereocenters. The average molecular weight is 311 g/mol. The standard InChI is InChI=1S/C15H23ClN4O/c1-14(2)9-6-7-15(14,3)10(8-9)21-13-18-11(16)17-12(19-13)20(4)5/h9-10H,6-8H2,1-5H3. The molecule has 3 rings (SSSR count). The van der Waals surface area contributed by atoms with Gasteiger partial charge in [-0.1, -0.05) is 20.8 Å². The molecule has 0 N–H and O–H groups in total. The Balaban J connectivity index is 1.86. The highest BCUT2D eigenvalue weighted by Gasteiger charge is 2.62. The lowest BCUT2D eigenvalue weighted by molar-refractivity contribution is 0.0241. The van der Waals surface area contributed by atoms with Crippen LogP contribution in [0.1, 0.15) is 40.0 Å². The molecule has 2 bridgehead atoms. The molecule has 1 aromatic rings. The van der Waals surface area contributed by atoms with E-state index in [9.17, 15) is 0 Å². The minimum atomic E-state index is 0.153. The molecule has 2 aliphatic carbocycles. The van der Waals surface area contributed by atoms with Crippen molar-refractivity contribution in [2.75, 3.05) is 19.0 Å². The SMILES string of the molecule is CN(C)c1nc(Cl)nc(OC2CC3CCC2(C)C3(C)C)n1. The lowest BCUT2D eigenvalue weighted by atomic mass is 9.70. The van der Waals surface area contributed by atoms with Crippen molar-refractivity contribution >= 4 is 17.5 Å². The normalized spacial score (nSPS) is 33.2. The van der Waals surface area contributed by atoms with Crippen LogP contribution in [0.3, 0.4) is 0 Å². The van der Waals surface area contributed by atoms with Crippen LogP contribution in [0.5, 0.6) is 6.01 Å². The number of hydrogen-bond acceptors (Lipinski definition) is 5. The number of rotatable bonds is 3. The Kier molecular flexibility index (Phi) is 3.32. The molecule has 0 saturated heterocycles. The first-order valence-electron chi connectivity index (χ1n) is 7.49. The predicted molar refractivity (Wildman–Crippen MR) is 82.8 cm³/mol. The van der Waals surface area contributed by atoms with Gasteiger partial charge in [0.05, 0.1) is 0 Å². The fourth-order valence-electron chi connectivity index (χ4n) is 4.01. The van der Waals surface area contributed by atoms with E-state index in [1.807, 2.05) is 14.1 Å². The first kappa shape index (κ1) is 14.8. The van der Waals surface area contributed by atoms with Crippen molar-refractivity contribution < 1.29 is 4.74 Å². The molecule has 2 aliphatic rings. The van der Waals surface area contributed by atoms with Crippen molar-refractivity contribution in [3.05, 3.63) is 5.28 Å². The predicted octanol–water partition coefficient (Wildman–Crippen LogP) is 3.18. The molecule has 0 aromatic carbocycles. The third-order valence-electron chi connectivity index (χ3n) is 5.94. The quantitative estimate of drug-likeness (QED) is 0.858. The molecular weight excluding hydrogens is 288 g/mol. The van der Waals surface area contributed by atoms with E-state index in [0.717, 1.165) is 12.3 Å². The Morgan fingerprint density at radius 2 is 1.90 bits per heavy atom. The number of halogens is 1. The summed E-state index contributed by atoms with van der Waals surface area (Å²) < 4.78 is 6.15. The van der Waals surface area contributed by atoms with Gasteiger partial charge in [0, 0.05) is 19.5 Å². The summed E-state index contributed by atoms with van der Waals surface area (Å²) in [6, 6.07) is 0.341. The summed E-state index contributed by atoms with van der Waals surface area (Å²) in [5.74, 6) is 1.25. The highest BCUT2D eigenvalue weighted by molar-refractivity contribution is 6.28. The van der Waals surface area contributed by atoms with E-state index >= 15 is 0 Å². The molecule has 3 unspecified atom stereocenters. The zero-order valence-electron chi connectivity index (χ0n) is 13.4. The van der Waals surface area contributed by atoms with Gasteiger partial charge in [-0.15, -0.1) is 0 Å². The van der Waals surface area contributed by atoms with Crippen molar-refractivity contribution in [1.82, 2.24) is 15.0 Å². The van der Waals surface area contributed by atoms with Crippen LogP contribution in [0.25, 0.3) is 0 Å². The average Bonchev–Trinajstić information content (AvgIpc) is 2.71. The molecule has 0 radical (unpaired) electrons. The number of hydrogen-bond donors (Lipinski definition) is 0. The molecule has 6 heteroatoms. The molecule has 0 amide bonds. The summed E-state index contributed by atoms with van der Waals surface area (Å²) in [5.41, 5.74) is 0.480. The Hall–Kier alpha value is -1.10. The van der Waals surface area contributed by atoms with E-state index in [1.165, 1.54) is 12.8 Å². The van der Waals surface area contributed by atoms with E-state index in [-0.39, 0.29) is 16.8 Å². The maximum Gasteiger partial charge on any atom is 0.322 e. The summed E-state index contributed by atoms with van der Waals surface area (Å²) in [5, 5.41) is 0.177. The van der Waals surface area contributed by atoms with Crippen LogP contribution >= 0.6 is 11.6 Å². The lowest BCUT2D eigenvalue weighted by Gasteiger charge is -2.38. The smallest absolute Gasteiger partial charge is 0.322 e. The molecule has 116 valence electrons. The van der Waals surface area contributed by atoms with Crippen LogP contribution in [0.4, 0.5) is 5.95 Å². The van der Waals surface area contributed by atoms with Gasteiger partial charge in [0.1, 0.15) is 6.10 Å². The minimum Gasteiger partial charge on any atom is -0.459 e. The molecule has 5 nitrogen and oxygen atoms in total. The largest absolute Gasteiger partial charge is 0.459 e. The molecule has 0 spiro atoms. The highest BCUT2D eigenvalue weighted by Crippen LogP contribution is 2.66. The van der Waals surface area contributed by atoms with Crippen LogP contribution in [0.2, 0.25) is 5.28 Å². The maximum absolute atomic E-state index is 6.15. The second kappa shape index (κ2) is 4.70. The first-order valence-corrected chi connectivity index (χ1v) is 7.87. The Labute approximate surface area is 131 Å². The van der Waals surface area contributed by atoms with Gasteiger partial charge in [-0.05, 0) is 42.2 Å². The number of fused-ring (bicyclic) bond motifs is 2. The number of nitrogens with zero attached hydrogens (tertiary/aromatic N) is 4. The van der Waals surface area contributed by atoms with E-state index in [4.69, 9.17) is 16.3 Å². The Bertz CT molecular complexity index is 563. The van der Waals surface area contributed by atoms with Gasteiger partial charge < -0.3 is 9.64 Å². The summed E-state index contributed by atoms with van der Waals surface area (Å²) in [6.07, 6.45) is 3.72. The van der Waals surface area contributed by atoms with Crippen LogP contribution in [-0.2, 0) is 0 Å².